The summed E-state index contributed by atoms with van der Waals surface area (Å²) in [6.45, 7) is 0. The van der Waals surface area contributed by atoms with E-state index < -0.39 is 0 Å². The molecule has 2 aromatic carbocycles. The van der Waals surface area contributed by atoms with Crippen LogP contribution >= 0.6 is 11.8 Å². The maximum atomic E-state index is 12.1. The maximum absolute atomic E-state index is 12.1. The number of carbonyl (C=O) groups is 1. The second-order valence-corrected chi connectivity index (χ2v) is 5.23. The third kappa shape index (κ3) is 2.93. The SMILES string of the molecule is CN(C)C(=O)c1ccccc1Sc1ccccc1. The molecule has 0 aliphatic carbocycles. The fourth-order valence-electron chi connectivity index (χ4n) is 1.59. The zero-order valence-electron chi connectivity index (χ0n) is 10.5. The Balaban J connectivity index is 2.31. The summed E-state index contributed by atoms with van der Waals surface area (Å²) >= 11 is 1.61. The molecule has 0 unspecified atom stereocenters. The third-order valence-electron chi connectivity index (χ3n) is 2.49. The number of rotatable bonds is 3. The average molecular weight is 257 g/mol. The summed E-state index contributed by atoms with van der Waals surface area (Å²) in [5.41, 5.74) is 0.747. The first-order valence-electron chi connectivity index (χ1n) is 5.72. The minimum Gasteiger partial charge on any atom is -0.345 e. The Bertz CT molecular complexity index is 537. The van der Waals surface area contributed by atoms with Gasteiger partial charge in [-0.2, -0.15) is 0 Å². The highest BCUT2D eigenvalue weighted by atomic mass is 32.2. The van der Waals surface area contributed by atoms with Gasteiger partial charge in [-0.1, -0.05) is 42.1 Å². The highest BCUT2D eigenvalue weighted by Crippen LogP contribution is 2.30. The largest absolute Gasteiger partial charge is 0.345 e. The van der Waals surface area contributed by atoms with Crippen molar-refractivity contribution in [1.82, 2.24) is 4.90 Å². The van der Waals surface area contributed by atoms with Crippen LogP contribution in [0.15, 0.2) is 64.4 Å². The third-order valence-corrected chi connectivity index (χ3v) is 3.58. The van der Waals surface area contributed by atoms with Gasteiger partial charge in [0, 0.05) is 23.9 Å². The summed E-state index contributed by atoms with van der Waals surface area (Å²) < 4.78 is 0. The molecule has 2 rings (SSSR count). The summed E-state index contributed by atoms with van der Waals surface area (Å²) in [5, 5.41) is 0. The molecule has 0 aliphatic heterocycles. The van der Waals surface area contributed by atoms with Crippen LogP contribution in [0.4, 0.5) is 0 Å². The van der Waals surface area contributed by atoms with Crippen molar-refractivity contribution in [2.45, 2.75) is 9.79 Å². The van der Waals surface area contributed by atoms with Gasteiger partial charge in [-0.3, -0.25) is 4.79 Å². The topological polar surface area (TPSA) is 20.3 Å². The van der Waals surface area contributed by atoms with Crippen molar-refractivity contribution in [2.75, 3.05) is 14.1 Å². The van der Waals surface area contributed by atoms with E-state index in [4.69, 9.17) is 0 Å². The van der Waals surface area contributed by atoms with Crippen molar-refractivity contribution in [1.29, 1.82) is 0 Å². The van der Waals surface area contributed by atoms with Crippen LogP contribution in [0.3, 0.4) is 0 Å². The van der Waals surface area contributed by atoms with Crippen molar-refractivity contribution < 1.29 is 4.79 Å². The summed E-state index contributed by atoms with van der Waals surface area (Å²) in [6.07, 6.45) is 0. The van der Waals surface area contributed by atoms with Crippen LogP contribution in [0.2, 0.25) is 0 Å². The standard InChI is InChI=1S/C15H15NOS/c1-16(2)15(17)13-10-6-7-11-14(13)18-12-8-4-3-5-9-12/h3-11H,1-2H3. The van der Waals surface area contributed by atoms with Crippen LogP contribution < -0.4 is 0 Å². The van der Waals surface area contributed by atoms with E-state index in [2.05, 4.69) is 0 Å². The number of benzene rings is 2. The van der Waals surface area contributed by atoms with Gasteiger partial charge in [-0.25, -0.2) is 0 Å². The fourth-order valence-corrected chi connectivity index (χ4v) is 2.55. The molecule has 0 saturated carbocycles. The van der Waals surface area contributed by atoms with Crippen molar-refractivity contribution in [3.8, 4) is 0 Å². The van der Waals surface area contributed by atoms with Gasteiger partial charge < -0.3 is 4.90 Å². The van der Waals surface area contributed by atoms with Crippen LogP contribution in [0.25, 0.3) is 0 Å². The summed E-state index contributed by atoms with van der Waals surface area (Å²) in [7, 11) is 3.54. The van der Waals surface area contributed by atoms with E-state index >= 15 is 0 Å². The highest BCUT2D eigenvalue weighted by Gasteiger charge is 2.13. The van der Waals surface area contributed by atoms with E-state index in [1.165, 1.54) is 0 Å². The monoisotopic (exact) mass is 257 g/mol. The molecule has 0 bridgehead atoms. The first-order valence-corrected chi connectivity index (χ1v) is 6.53. The molecule has 0 aliphatic rings. The van der Waals surface area contributed by atoms with E-state index in [1.54, 1.807) is 30.8 Å². The van der Waals surface area contributed by atoms with Crippen LogP contribution in [0, 0.1) is 0 Å². The Kier molecular flexibility index (Phi) is 4.05. The Labute approximate surface area is 112 Å². The lowest BCUT2D eigenvalue weighted by molar-refractivity contribution is 0.0824. The molecule has 2 nitrogen and oxygen atoms in total. The molecule has 0 fully saturated rings. The molecule has 2 aromatic rings. The smallest absolute Gasteiger partial charge is 0.254 e. The van der Waals surface area contributed by atoms with Gasteiger partial charge in [-0.05, 0) is 24.3 Å². The summed E-state index contributed by atoms with van der Waals surface area (Å²) in [4.78, 5) is 15.8. The fraction of sp³-hybridized carbons (Fsp3) is 0.133. The molecular weight excluding hydrogens is 242 g/mol. The molecule has 0 radical (unpaired) electrons. The summed E-state index contributed by atoms with van der Waals surface area (Å²) in [5.74, 6) is 0.0361. The first kappa shape index (κ1) is 12.7. The molecule has 0 heterocycles. The zero-order chi connectivity index (χ0) is 13.0. The van der Waals surface area contributed by atoms with Crippen molar-refractivity contribution in [3.05, 3.63) is 60.2 Å². The predicted molar refractivity (Wildman–Crippen MR) is 75.0 cm³/mol. The first-order chi connectivity index (χ1) is 8.68. The molecule has 1 amide bonds. The van der Waals surface area contributed by atoms with Crippen LogP contribution in [-0.2, 0) is 0 Å². The average Bonchev–Trinajstić information content (AvgIpc) is 2.39. The summed E-state index contributed by atoms with van der Waals surface area (Å²) in [6, 6.07) is 17.8. The number of nitrogens with zero attached hydrogens (tertiary/aromatic N) is 1. The second-order valence-electron chi connectivity index (χ2n) is 4.11. The minimum absolute atomic E-state index is 0.0361. The van der Waals surface area contributed by atoms with E-state index in [9.17, 15) is 4.79 Å². The molecule has 3 heteroatoms. The lowest BCUT2D eigenvalue weighted by atomic mass is 10.2. The van der Waals surface area contributed by atoms with Crippen molar-refractivity contribution in [2.24, 2.45) is 0 Å². The molecule has 18 heavy (non-hydrogen) atoms. The molecular formula is C15H15NOS. The Morgan fingerprint density at radius 2 is 1.56 bits per heavy atom. The molecule has 92 valence electrons. The molecule has 0 N–H and O–H groups in total. The molecule has 0 spiro atoms. The zero-order valence-corrected chi connectivity index (χ0v) is 11.3. The van der Waals surface area contributed by atoms with Gasteiger partial charge in [0.05, 0.1) is 5.56 Å². The van der Waals surface area contributed by atoms with E-state index in [-0.39, 0.29) is 5.91 Å². The molecule has 0 saturated heterocycles. The van der Waals surface area contributed by atoms with E-state index in [1.807, 2.05) is 54.6 Å². The number of hydrogen-bond acceptors (Lipinski definition) is 2. The lowest BCUT2D eigenvalue weighted by Gasteiger charge is -2.13. The number of amides is 1. The second kappa shape index (κ2) is 5.74. The Morgan fingerprint density at radius 3 is 2.22 bits per heavy atom. The van der Waals surface area contributed by atoms with Crippen molar-refractivity contribution >= 4 is 17.7 Å². The van der Waals surface area contributed by atoms with Gasteiger partial charge in [0.15, 0.2) is 0 Å². The minimum atomic E-state index is 0.0361. The number of hydrogen-bond donors (Lipinski definition) is 0. The van der Waals surface area contributed by atoms with Gasteiger partial charge in [0.2, 0.25) is 0 Å². The van der Waals surface area contributed by atoms with Crippen LogP contribution in [0.1, 0.15) is 10.4 Å². The van der Waals surface area contributed by atoms with Gasteiger partial charge in [-0.15, -0.1) is 0 Å². The Hall–Kier alpha value is -1.74. The normalized spacial score (nSPS) is 10.1. The van der Waals surface area contributed by atoms with E-state index in [0.717, 1.165) is 15.4 Å². The van der Waals surface area contributed by atoms with Gasteiger partial charge >= 0.3 is 0 Å². The van der Waals surface area contributed by atoms with Crippen LogP contribution in [-0.4, -0.2) is 24.9 Å². The number of carbonyl (C=O) groups excluding carboxylic acids is 1. The van der Waals surface area contributed by atoms with Gasteiger partial charge in [0.25, 0.3) is 5.91 Å². The quantitative estimate of drug-likeness (QED) is 0.838. The van der Waals surface area contributed by atoms with Crippen LogP contribution in [0.5, 0.6) is 0 Å². The maximum Gasteiger partial charge on any atom is 0.254 e. The van der Waals surface area contributed by atoms with Gasteiger partial charge in [0.1, 0.15) is 0 Å². The molecule has 0 atom stereocenters. The Morgan fingerprint density at radius 1 is 0.944 bits per heavy atom. The predicted octanol–water partition coefficient (Wildman–Crippen LogP) is 3.54. The van der Waals surface area contributed by atoms with E-state index in [0.29, 0.717) is 0 Å². The molecule has 0 aromatic heterocycles. The highest BCUT2D eigenvalue weighted by molar-refractivity contribution is 7.99. The lowest BCUT2D eigenvalue weighted by Crippen LogP contribution is -2.22. The van der Waals surface area contributed by atoms with Crippen molar-refractivity contribution in [3.63, 3.8) is 0 Å².